The van der Waals surface area contributed by atoms with Crippen molar-refractivity contribution in [3.05, 3.63) is 53.9 Å². The third kappa shape index (κ3) is 2.97. The predicted molar refractivity (Wildman–Crippen MR) is 80.0 cm³/mol. The topological polar surface area (TPSA) is 70.9 Å². The lowest BCUT2D eigenvalue weighted by Gasteiger charge is -2.04. The van der Waals surface area contributed by atoms with E-state index in [2.05, 4.69) is 21.4 Å². The van der Waals surface area contributed by atoms with Crippen LogP contribution in [0.2, 0.25) is 0 Å². The smallest absolute Gasteiger partial charge is 0.227 e. The van der Waals surface area contributed by atoms with Gasteiger partial charge in [-0.25, -0.2) is 4.98 Å². The highest BCUT2D eigenvalue weighted by molar-refractivity contribution is 5.83. The Morgan fingerprint density at radius 1 is 1.38 bits per heavy atom. The third-order valence-electron chi connectivity index (χ3n) is 3.56. The Morgan fingerprint density at radius 2 is 2.24 bits per heavy atom. The quantitative estimate of drug-likeness (QED) is 0.755. The van der Waals surface area contributed by atoms with Crippen LogP contribution in [0.25, 0.3) is 10.9 Å². The molecular formula is C16H17N3O2. The van der Waals surface area contributed by atoms with Gasteiger partial charge in [-0.2, -0.15) is 0 Å². The molecule has 21 heavy (non-hydrogen) atoms. The summed E-state index contributed by atoms with van der Waals surface area (Å²) in [4.78, 5) is 19.1. The van der Waals surface area contributed by atoms with E-state index < -0.39 is 0 Å². The van der Waals surface area contributed by atoms with Gasteiger partial charge in [0.1, 0.15) is 5.76 Å². The second-order valence-corrected chi connectivity index (χ2v) is 5.00. The number of hydrogen-bond donors (Lipinski definition) is 2. The molecule has 0 atom stereocenters. The van der Waals surface area contributed by atoms with E-state index in [0.717, 1.165) is 17.6 Å². The molecule has 2 heterocycles. The molecule has 2 aromatic heterocycles. The number of aromatic amines is 1. The van der Waals surface area contributed by atoms with E-state index in [1.165, 1.54) is 17.3 Å². The summed E-state index contributed by atoms with van der Waals surface area (Å²) in [6.45, 7) is 2.44. The highest BCUT2D eigenvalue weighted by atomic mass is 16.3. The van der Waals surface area contributed by atoms with Crippen LogP contribution in [0.5, 0.6) is 0 Å². The molecule has 0 aliphatic heterocycles. The minimum atomic E-state index is -0.0466. The molecule has 0 fully saturated rings. The number of amides is 1. The first-order chi connectivity index (χ1) is 10.2. The van der Waals surface area contributed by atoms with Gasteiger partial charge in [0.15, 0.2) is 6.39 Å². The van der Waals surface area contributed by atoms with Crippen molar-refractivity contribution >= 4 is 16.8 Å². The molecule has 2 N–H and O–H groups in total. The average Bonchev–Trinajstić information content (AvgIpc) is 3.07. The number of H-pyrrole nitrogens is 1. The first-order valence-electron chi connectivity index (χ1n) is 6.94. The second kappa shape index (κ2) is 5.83. The van der Waals surface area contributed by atoms with Gasteiger partial charge in [-0.15, -0.1) is 0 Å². The maximum absolute atomic E-state index is 11.8. The Balaban J connectivity index is 1.54. The fraction of sp³-hybridized carbons (Fsp3) is 0.250. The standard InChI is InChI=1S/C16H17N3O2/c1-11-15(21-10-19-11)8-16(20)17-7-6-12-9-18-14-5-3-2-4-13(12)14/h2-5,9-10,18H,6-8H2,1H3,(H,17,20). The first kappa shape index (κ1) is 13.4. The highest BCUT2D eigenvalue weighted by Gasteiger charge is 2.10. The number of fused-ring (bicyclic) bond motifs is 1. The zero-order valence-corrected chi connectivity index (χ0v) is 11.8. The van der Waals surface area contributed by atoms with Crippen molar-refractivity contribution in [1.82, 2.24) is 15.3 Å². The number of rotatable bonds is 5. The van der Waals surface area contributed by atoms with E-state index in [0.29, 0.717) is 12.3 Å². The van der Waals surface area contributed by atoms with E-state index >= 15 is 0 Å². The fourth-order valence-electron chi connectivity index (χ4n) is 2.38. The van der Waals surface area contributed by atoms with Crippen LogP contribution in [0.3, 0.4) is 0 Å². The minimum absolute atomic E-state index is 0.0466. The molecule has 0 saturated carbocycles. The number of aromatic nitrogens is 2. The van der Waals surface area contributed by atoms with Gasteiger partial charge in [0.2, 0.25) is 5.91 Å². The summed E-state index contributed by atoms with van der Waals surface area (Å²) in [5.41, 5.74) is 3.10. The molecule has 1 aromatic carbocycles. The Labute approximate surface area is 122 Å². The number of hydrogen-bond acceptors (Lipinski definition) is 3. The molecule has 1 amide bonds. The van der Waals surface area contributed by atoms with Crippen molar-refractivity contribution in [3.8, 4) is 0 Å². The Morgan fingerprint density at radius 3 is 3.05 bits per heavy atom. The summed E-state index contributed by atoms with van der Waals surface area (Å²) in [6, 6.07) is 8.15. The van der Waals surface area contributed by atoms with E-state index in [4.69, 9.17) is 4.42 Å². The second-order valence-electron chi connectivity index (χ2n) is 5.00. The lowest BCUT2D eigenvalue weighted by Crippen LogP contribution is -2.27. The summed E-state index contributed by atoms with van der Waals surface area (Å²) in [6.07, 6.45) is 4.40. The number of nitrogens with one attached hydrogen (secondary N) is 2. The molecule has 0 aliphatic carbocycles. The van der Waals surface area contributed by atoms with Crippen LogP contribution >= 0.6 is 0 Å². The SMILES string of the molecule is Cc1ncoc1CC(=O)NCCc1c[nH]c2ccccc12. The minimum Gasteiger partial charge on any atom is -0.448 e. The summed E-state index contributed by atoms with van der Waals surface area (Å²) < 4.78 is 5.17. The van der Waals surface area contributed by atoms with Crippen LogP contribution in [0.4, 0.5) is 0 Å². The third-order valence-corrected chi connectivity index (χ3v) is 3.56. The fourth-order valence-corrected chi connectivity index (χ4v) is 2.38. The van der Waals surface area contributed by atoms with Crippen molar-refractivity contribution in [3.63, 3.8) is 0 Å². The molecule has 108 valence electrons. The van der Waals surface area contributed by atoms with Crippen molar-refractivity contribution in [2.75, 3.05) is 6.54 Å². The molecule has 0 radical (unpaired) electrons. The Bertz CT molecular complexity index is 758. The summed E-state index contributed by atoms with van der Waals surface area (Å²) in [7, 11) is 0. The maximum atomic E-state index is 11.8. The van der Waals surface area contributed by atoms with Gasteiger partial charge in [0.25, 0.3) is 0 Å². The normalized spacial score (nSPS) is 10.9. The van der Waals surface area contributed by atoms with E-state index in [1.807, 2.05) is 31.3 Å². The Kier molecular flexibility index (Phi) is 3.73. The average molecular weight is 283 g/mol. The van der Waals surface area contributed by atoms with Crippen LogP contribution in [0.15, 0.2) is 41.3 Å². The molecule has 3 rings (SSSR count). The van der Waals surface area contributed by atoms with Gasteiger partial charge >= 0.3 is 0 Å². The van der Waals surface area contributed by atoms with Crippen molar-refractivity contribution < 1.29 is 9.21 Å². The van der Waals surface area contributed by atoms with E-state index in [-0.39, 0.29) is 12.3 Å². The molecule has 0 spiro atoms. The molecule has 5 heteroatoms. The number of aryl methyl sites for hydroxylation is 1. The highest BCUT2D eigenvalue weighted by Crippen LogP contribution is 2.17. The predicted octanol–water partition coefficient (Wildman–Crippen LogP) is 2.37. The number of oxazole rings is 1. The maximum Gasteiger partial charge on any atom is 0.227 e. The van der Waals surface area contributed by atoms with Crippen LogP contribution in [-0.4, -0.2) is 22.4 Å². The van der Waals surface area contributed by atoms with Crippen LogP contribution in [0, 0.1) is 6.92 Å². The monoisotopic (exact) mass is 283 g/mol. The summed E-state index contributed by atoms with van der Waals surface area (Å²) in [5.74, 6) is 0.578. The first-order valence-corrected chi connectivity index (χ1v) is 6.94. The zero-order valence-electron chi connectivity index (χ0n) is 11.8. The van der Waals surface area contributed by atoms with Crippen LogP contribution in [-0.2, 0) is 17.6 Å². The van der Waals surface area contributed by atoms with Crippen molar-refractivity contribution in [2.24, 2.45) is 0 Å². The van der Waals surface area contributed by atoms with Crippen molar-refractivity contribution in [1.29, 1.82) is 0 Å². The van der Waals surface area contributed by atoms with Gasteiger partial charge in [0.05, 0.1) is 12.1 Å². The summed E-state index contributed by atoms with van der Waals surface area (Å²) >= 11 is 0. The molecule has 3 aromatic rings. The lowest BCUT2D eigenvalue weighted by molar-refractivity contribution is -0.120. The van der Waals surface area contributed by atoms with Crippen LogP contribution < -0.4 is 5.32 Å². The van der Waals surface area contributed by atoms with Crippen molar-refractivity contribution in [2.45, 2.75) is 19.8 Å². The largest absolute Gasteiger partial charge is 0.448 e. The number of nitrogens with zero attached hydrogens (tertiary/aromatic N) is 1. The number of benzene rings is 1. The van der Waals surface area contributed by atoms with Gasteiger partial charge in [0, 0.05) is 23.6 Å². The van der Waals surface area contributed by atoms with E-state index in [1.54, 1.807) is 0 Å². The van der Waals surface area contributed by atoms with Gasteiger partial charge in [-0.1, -0.05) is 18.2 Å². The van der Waals surface area contributed by atoms with E-state index in [9.17, 15) is 4.79 Å². The summed E-state index contributed by atoms with van der Waals surface area (Å²) in [5, 5.41) is 4.12. The number of carbonyl (C=O) groups excluding carboxylic acids is 1. The molecule has 0 aliphatic rings. The molecule has 0 saturated heterocycles. The number of carbonyl (C=O) groups is 1. The molecular weight excluding hydrogens is 266 g/mol. The Hall–Kier alpha value is -2.56. The molecule has 0 bridgehead atoms. The molecule has 0 unspecified atom stereocenters. The molecule has 5 nitrogen and oxygen atoms in total. The lowest BCUT2D eigenvalue weighted by atomic mass is 10.1. The van der Waals surface area contributed by atoms with Gasteiger partial charge in [-0.05, 0) is 25.0 Å². The van der Waals surface area contributed by atoms with Gasteiger partial charge < -0.3 is 14.7 Å². The van der Waals surface area contributed by atoms with Gasteiger partial charge in [-0.3, -0.25) is 4.79 Å². The number of para-hydroxylation sites is 1. The van der Waals surface area contributed by atoms with Crippen LogP contribution in [0.1, 0.15) is 17.0 Å². The zero-order chi connectivity index (χ0) is 14.7.